The topological polar surface area (TPSA) is 153 Å². The van der Waals surface area contributed by atoms with Crippen molar-refractivity contribution in [1.82, 2.24) is 20.4 Å². The normalized spacial score (nSPS) is 25.9. The molecule has 7 unspecified atom stereocenters. The van der Waals surface area contributed by atoms with Crippen molar-refractivity contribution in [2.45, 2.75) is 235 Å². The lowest BCUT2D eigenvalue weighted by Crippen LogP contribution is -2.51. The highest BCUT2D eigenvalue weighted by Gasteiger charge is 2.59. The number of fused-ring (bicyclic) bond motifs is 5. The molecule has 0 heterocycles. The standard InChI is InChI=1S/C57H100N4O9/c1-40(2)21-17-22-41(3)45-27-28-46-44-26-25-42-39-43(29-31-56(42,13)47(44)30-32-57(45,46)14)67-49(63)24-18-23-48(62)60(37-19-33-58-50(64)68-53(4,5)6)35-15-16-36-61(52(66)70-55(10,11)12)38-20-34-59-51(65)69-54(7,8)9/h25,40-41,43-47H,15-24,26-39H2,1-14H3,(H,58,64)(H,59,65)/t41-,43?,44?,45?,46?,47?,56?,57?/m1/s1. The number of rotatable bonds is 23. The third-order valence-corrected chi connectivity index (χ3v) is 16.0. The van der Waals surface area contributed by atoms with Gasteiger partial charge in [0.25, 0.3) is 0 Å². The van der Waals surface area contributed by atoms with Gasteiger partial charge in [-0.05, 0) is 186 Å². The number of nitrogens with zero attached hydrogens (tertiary/aromatic N) is 2. The molecule has 4 rings (SSSR count). The highest BCUT2D eigenvalue weighted by molar-refractivity contribution is 5.77. The fourth-order valence-electron chi connectivity index (χ4n) is 12.7. The third kappa shape index (κ3) is 18.5. The first kappa shape index (κ1) is 59.1. The molecule has 402 valence electrons. The Kier molecular flexibility index (Phi) is 21.9. The van der Waals surface area contributed by atoms with Crippen LogP contribution in [0.5, 0.6) is 0 Å². The number of carbonyl (C=O) groups is 5. The molecule has 3 saturated carbocycles. The molecule has 0 aromatic rings. The maximum atomic E-state index is 13.8. The van der Waals surface area contributed by atoms with Gasteiger partial charge in [-0.2, -0.15) is 0 Å². The van der Waals surface area contributed by atoms with E-state index in [-0.39, 0.29) is 36.2 Å². The van der Waals surface area contributed by atoms with Crippen LogP contribution in [0.2, 0.25) is 0 Å². The van der Waals surface area contributed by atoms with Gasteiger partial charge in [0, 0.05) is 58.5 Å². The van der Waals surface area contributed by atoms with Crippen molar-refractivity contribution in [1.29, 1.82) is 0 Å². The number of allylic oxidation sites excluding steroid dienone is 1. The van der Waals surface area contributed by atoms with Crippen molar-refractivity contribution < 1.29 is 42.9 Å². The van der Waals surface area contributed by atoms with Gasteiger partial charge in [0.2, 0.25) is 5.91 Å². The quantitative estimate of drug-likeness (QED) is 0.0441. The van der Waals surface area contributed by atoms with Crippen LogP contribution in [0.15, 0.2) is 11.6 Å². The first-order valence-corrected chi connectivity index (χ1v) is 27.7. The summed E-state index contributed by atoms with van der Waals surface area (Å²) in [4.78, 5) is 68.2. The van der Waals surface area contributed by atoms with E-state index in [2.05, 4.69) is 51.3 Å². The fraction of sp³-hybridized carbons (Fsp3) is 0.877. The minimum Gasteiger partial charge on any atom is -0.462 e. The van der Waals surface area contributed by atoms with Gasteiger partial charge < -0.3 is 39.4 Å². The molecule has 3 fully saturated rings. The Morgan fingerprint density at radius 3 is 1.81 bits per heavy atom. The van der Waals surface area contributed by atoms with Gasteiger partial charge in [0.1, 0.15) is 22.9 Å². The highest BCUT2D eigenvalue weighted by atomic mass is 16.6. The molecular weight excluding hydrogens is 885 g/mol. The summed E-state index contributed by atoms with van der Waals surface area (Å²) in [5.41, 5.74) is 0.246. The summed E-state index contributed by atoms with van der Waals surface area (Å²) >= 11 is 0. The van der Waals surface area contributed by atoms with E-state index in [0.717, 1.165) is 55.3 Å². The molecule has 0 aromatic carbocycles. The number of amides is 4. The minimum absolute atomic E-state index is 0.0598. The second-order valence-corrected chi connectivity index (χ2v) is 25.6. The molecule has 2 N–H and O–H groups in total. The molecule has 13 nitrogen and oxygen atoms in total. The molecule has 0 aromatic heterocycles. The lowest BCUT2D eigenvalue weighted by molar-refractivity contribution is -0.151. The van der Waals surface area contributed by atoms with Gasteiger partial charge in [-0.25, -0.2) is 14.4 Å². The van der Waals surface area contributed by atoms with E-state index >= 15 is 0 Å². The lowest BCUT2D eigenvalue weighted by atomic mass is 9.47. The van der Waals surface area contributed by atoms with E-state index in [1.807, 2.05) is 41.5 Å². The van der Waals surface area contributed by atoms with Crippen LogP contribution in [0, 0.1) is 46.3 Å². The molecular formula is C57H100N4O9. The summed E-state index contributed by atoms with van der Waals surface area (Å²) in [5.74, 6) is 4.42. The van der Waals surface area contributed by atoms with Crippen LogP contribution in [-0.4, -0.2) is 102 Å². The fourth-order valence-corrected chi connectivity index (χ4v) is 12.7. The second-order valence-electron chi connectivity index (χ2n) is 25.6. The lowest BCUT2D eigenvalue weighted by Gasteiger charge is -2.58. The number of hydrogen-bond acceptors (Lipinski definition) is 9. The summed E-state index contributed by atoms with van der Waals surface area (Å²) in [6, 6.07) is 0. The number of unbranched alkanes of at least 4 members (excludes halogenated alkanes) is 1. The zero-order chi connectivity index (χ0) is 52.1. The van der Waals surface area contributed by atoms with Gasteiger partial charge in [-0.3, -0.25) is 9.59 Å². The van der Waals surface area contributed by atoms with Crippen molar-refractivity contribution >= 4 is 30.2 Å². The summed E-state index contributed by atoms with van der Waals surface area (Å²) in [6.45, 7) is 31.1. The van der Waals surface area contributed by atoms with Crippen LogP contribution in [0.4, 0.5) is 14.4 Å². The maximum absolute atomic E-state index is 13.8. The zero-order valence-corrected chi connectivity index (χ0v) is 46.7. The van der Waals surface area contributed by atoms with E-state index in [1.165, 1.54) is 50.5 Å². The van der Waals surface area contributed by atoms with Crippen molar-refractivity contribution in [3.8, 4) is 0 Å². The van der Waals surface area contributed by atoms with Gasteiger partial charge in [0.05, 0.1) is 0 Å². The van der Waals surface area contributed by atoms with Gasteiger partial charge in [-0.1, -0.05) is 65.5 Å². The summed E-state index contributed by atoms with van der Waals surface area (Å²) in [6.07, 6.45) is 17.5. The van der Waals surface area contributed by atoms with Gasteiger partial charge in [-0.15, -0.1) is 0 Å². The van der Waals surface area contributed by atoms with Crippen LogP contribution in [-0.2, 0) is 28.5 Å². The molecule has 8 atom stereocenters. The van der Waals surface area contributed by atoms with Crippen molar-refractivity contribution in [3.63, 3.8) is 0 Å². The molecule has 4 aliphatic carbocycles. The largest absolute Gasteiger partial charge is 0.462 e. The predicted molar refractivity (Wildman–Crippen MR) is 278 cm³/mol. The summed E-state index contributed by atoms with van der Waals surface area (Å²) in [5, 5.41) is 5.53. The van der Waals surface area contributed by atoms with E-state index < -0.39 is 35.1 Å². The van der Waals surface area contributed by atoms with E-state index in [0.29, 0.717) is 82.7 Å². The SMILES string of the molecule is CC(C)CCC[C@@H](C)C1CCC2C3CC=C4CC(OC(=O)CCCC(=O)N(CCCCN(CCCNC(=O)OC(C)(C)C)C(=O)OC(C)(C)C)CCCNC(=O)OC(C)(C)C)CCC4(C)C3CCC21C. The Labute approximate surface area is 424 Å². The number of esters is 1. The Hall–Kier alpha value is -3.51. The smallest absolute Gasteiger partial charge is 0.410 e. The van der Waals surface area contributed by atoms with E-state index in [9.17, 15) is 24.0 Å². The first-order chi connectivity index (χ1) is 32.6. The molecule has 0 bridgehead atoms. The molecule has 0 saturated heterocycles. The van der Waals surface area contributed by atoms with Crippen LogP contribution < -0.4 is 10.6 Å². The molecule has 70 heavy (non-hydrogen) atoms. The van der Waals surface area contributed by atoms with Crippen LogP contribution >= 0.6 is 0 Å². The summed E-state index contributed by atoms with van der Waals surface area (Å²) in [7, 11) is 0. The van der Waals surface area contributed by atoms with Crippen LogP contribution in [0.1, 0.15) is 213 Å². The summed E-state index contributed by atoms with van der Waals surface area (Å²) < 4.78 is 22.6. The second kappa shape index (κ2) is 25.9. The molecule has 0 spiro atoms. The van der Waals surface area contributed by atoms with Crippen molar-refractivity contribution in [3.05, 3.63) is 11.6 Å². The van der Waals surface area contributed by atoms with Gasteiger partial charge in [0.15, 0.2) is 0 Å². The number of carbonyl (C=O) groups excluding carboxylic acids is 5. The molecule has 4 amide bonds. The number of alkyl carbamates (subject to hydrolysis) is 2. The monoisotopic (exact) mass is 985 g/mol. The van der Waals surface area contributed by atoms with E-state index in [4.69, 9.17) is 18.9 Å². The van der Waals surface area contributed by atoms with Crippen molar-refractivity contribution in [2.75, 3.05) is 39.3 Å². The van der Waals surface area contributed by atoms with Crippen LogP contribution in [0.25, 0.3) is 0 Å². The Morgan fingerprint density at radius 2 is 1.23 bits per heavy atom. The Bertz CT molecular complexity index is 1740. The average molecular weight is 985 g/mol. The number of nitrogens with one attached hydrogen (secondary N) is 2. The first-order valence-electron chi connectivity index (χ1n) is 27.7. The molecule has 4 aliphatic rings. The average Bonchev–Trinajstić information content (AvgIpc) is 3.59. The molecule has 0 aliphatic heterocycles. The number of hydrogen-bond donors (Lipinski definition) is 2. The Balaban J connectivity index is 1.28. The number of ether oxygens (including phenoxy) is 4. The predicted octanol–water partition coefficient (Wildman–Crippen LogP) is 12.8. The maximum Gasteiger partial charge on any atom is 0.410 e. The van der Waals surface area contributed by atoms with E-state index in [1.54, 1.807) is 30.6 Å². The molecule has 13 heteroatoms. The molecule has 0 radical (unpaired) electrons. The third-order valence-electron chi connectivity index (χ3n) is 16.0. The minimum atomic E-state index is -0.676. The Morgan fingerprint density at radius 1 is 0.657 bits per heavy atom. The van der Waals surface area contributed by atoms with Gasteiger partial charge >= 0.3 is 24.2 Å². The van der Waals surface area contributed by atoms with Crippen molar-refractivity contribution in [2.24, 2.45) is 46.3 Å². The highest BCUT2D eigenvalue weighted by Crippen LogP contribution is 2.67. The van der Waals surface area contributed by atoms with Crippen LogP contribution in [0.3, 0.4) is 0 Å². The zero-order valence-electron chi connectivity index (χ0n) is 46.7.